The molecule has 5 rings (SSSR count). The summed E-state index contributed by atoms with van der Waals surface area (Å²) in [6, 6.07) is 22.4. The molecule has 0 fully saturated rings. The lowest BCUT2D eigenvalue weighted by atomic mass is 10.2. The monoisotopic (exact) mass is 582 g/mol. The number of aromatic nitrogens is 1. The van der Waals surface area contributed by atoms with Crippen molar-refractivity contribution < 1.29 is 27.8 Å². The lowest BCUT2D eigenvalue weighted by Crippen LogP contribution is -2.36. The number of allylic oxidation sites excluding steroid dienone is 2. The number of rotatable bonds is 7. The van der Waals surface area contributed by atoms with Gasteiger partial charge in [0, 0.05) is 23.6 Å². The molecule has 0 atom stereocenters. The average Bonchev–Trinajstić information content (AvgIpc) is 3.42. The Kier molecular flexibility index (Phi) is 9.60. The quantitative estimate of drug-likeness (QED) is 0.235. The van der Waals surface area contributed by atoms with Crippen molar-refractivity contribution in [1.82, 2.24) is 0 Å². The van der Waals surface area contributed by atoms with Crippen LogP contribution in [0.5, 0.6) is 0 Å². The van der Waals surface area contributed by atoms with E-state index in [1.807, 2.05) is 31.2 Å². The third-order valence-corrected chi connectivity index (χ3v) is 9.01. The lowest BCUT2D eigenvalue weighted by Gasteiger charge is -2.19. The Morgan fingerprint density at radius 3 is 2.38 bits per heavy atom. The number of β-amino-alcohol motifs (C(OH)–C–C–N with tert-alkyl or cyclic N) is 1. The van der Waals surface area contributed by atoms with Crippen LogP contribution in [-0.4, -0.2) is 42.9 Å². The summed E-state index contributed by atoms with van der Waals surface area (Å²) >= 11 is 3.47. The molecule has 3 aromatic carbocycles. The molecule has 0 radical (unpaired) electrons. The van der Waals surface area contributed by atoms with Crippen LogP contribution in [0.15, 0.2) is 99.3 Å². The zero-order valence-corrected chi connectivity index (χ0v) is 24.1. The van der Waals surface area contributed by atoms with Crippen molar-refractivity contribution in [3.63, 3.8) is 0 Å². The highest BCUT2D eigenvalue weighted by Gasteiger charge is 2.24. The molecule has 0 saturated carbocycles. The number of thiazole rings is 1. The third-order valence-electron chi connectivity index (χ3n) is 5.93. The maximum absolute atomic E-state index is 10.4. The van der Waals surface area contributed by atoms with Crippen LogP contribution >= 0.6 is 23.1 Å². The van der Waals surface area contributed by atoms with Crippen LogP contribution in [0, 0.1) is 6.92 Å². The van der Waals surface area contributed by atoms with E-state index < -0.39 is 10.1 Å². The molecule has 2 N–H and O–H groups in total. The molecule has 4 aromatic rings. The molecule has 0 spiro atoms. The maximum Gasteiger partial charge on any atom is 0.263 e. The van der Waals surface area contributed by atoms with Gasteiger partial charge in [-0.15, -0.1) is 0 Å². The maximum atomic E-state index is 10.4. The van der Waals surface area contributed by atoms with Gasteiger partial charge >= 0.3 is 0 Å². The summed E-state index contributed by atoms with van der Waals surface area (Å²) in [5.74, 6) is 0. The summed E-state index contributed by atoms with van der Waals surface area (Å²) in [7, 11) is -4.27. The van der Waals surface area contributed by atoms with Crippen LogP contribution < -0.4 is 9.47 Å². The highest BCUT2D eigenvalue weighted by molar-refractivity contribution is 8.03. The summed E-state index contributed by atoms with van der Waals surface area (Å²) in [6.45, 7) is 5.30. The van der Waals surface area contributed by atoms with Gasteiger partial charge in [-0.1, -0.05) is 65.1 Å². The van der Waals surface area contributed by atoms with Crippen LogP contribution in [0.25, 0.3) is 16.3 Å². The summed E-state index contributed by atoms with van der Waals surface area (Å²) in [5, 5.41) is 21.2. The number of aryl methyl sites for hydroxylation is 1. The smallest absolute Gasteiger partial charge is 0.263 e. The summed E-state index contributed by atoms with van der Waals surface area (Å²) in [4.78, 5) is 3.21. The third kappa shape index (κ3) is 7.16. The fourth-order valence-electron chi connectivity index (χ4n) is 4.12. The van der Waals surface area contributed by atoms with Crippen LogP contribution in [0.4, 0.5) is 5.69 Å². The van der Waals surface area contributed by atoms with E-state index in [1.54, 1.807) is 35.2 Å². The molecule has 1 aromatic heterocycles. The number of aliphatic hydroxyl groups excluding tert-OH is 2. The number of hydrogen-bond donors (Lipinski definition) is 2. The van der Waals surface area contributed by atoms with Crippen LogP contribution in [-0.2, 0) is 16.7 Å². The van der Waals surface area contributed by atoms with Gasteiger partial charge in [0.1, 0.15) is 21.4 Å². The minimum atomic E-state index is -4.27. The van der Waals surface area contributed by atoms with Gasteiger partial charge in [0.05, 0.1) is 22.2 Å². The number of benzene rings is 3. The van der Waals surface area contributed by atoms with Crippen molar-refractivity contribution in [3.05, 3.63) is 100 Å². The highest BCUT2D eigenvalue weighted by atomic mass is 32.2. The second kappa shape index (κ2) is 12.9. The number of aliphatic hydroxyl groups is 2. The summed E-state index contributed by atoms with van der Waals surface area (Å²) in [5.41, 5.74) is 4.37. The number of fused-ring (bicyclic) bond motifs is 2. The van der Waals surface area contributed by atoms with Crippen molar-refractivity contribution in [2.24, 2.45) is 0 Å². The largest absolute Gasteiger partial charge is 0.744 e. The molecular formula is C29H30N2O5S3. The second-order valence-corrected chi connectivity index (χ2v) is 12.4. The molecule has 0 bridgehead atoms. The van der Waals surface area contributed by atoms with Gasteiger partial charge in [0.25, 0.3) is 5.01 Å². The normalized spacial score (nSPS) is 14.4. The molecule has 0 saturated heterocycles. The SMILES string of the molecule is CC(/C=C1\Sc2ccccc2N1CCO)=C\c1sc2ccccc2[n+]1CCO.Cc1ccc(S(=O)(=O)[O-])cc1. The molecule has 1 aliphatic rings. The Hall–Kier alpha value is -2.99. The zero-order valence-electron chi connectivity index (χ0n) is 21.6. The Labute approximate surface area is 237 Å². The number of thioether (sulfide) groups is 1. The molecule has 0 amide bonds. The van der Waals surface area contributed by atoms with Crippen molar-refractivity contribution in [1.29, 1.82) is 0 Å². The van der Waals surface area contributed by atoms with Gasteiger partial charge in [-0.25, -0.2) is 8.42 Å². The van der Waals surface area contributed by atoms with Gasteiger partial charge in [0.2, 0.25) is 5.52 Å². The van der Waals surface area contributed by atoms with Crippen LogP contribution in [0.1, 0.15) is 17.5 Å². The Bertz CT molecular complexity index is 1610. The molecule has 7 nitrogen and oxygen atoms in total. The summed E-state index contributed by atoms with van der Waals surface area (Å²) < 4.78 is 34.6. The Morgan fingerprint density at radius 1 is 1.00 bits per heavy atom. The Balaban J connectivity index is 0.000000270. The van der Waals surface area contributed by atoms with E-state index in [4.69, 9.17) is 0 Å². The van der Waals surface area contributed by atoms with Crippen molar-refractivity contribution in [2.75, 3.05) is 24.7 Å². The number of anilines is 1. The molecule has 39 heavy (non-hydrogen) atoms. The standard InChI is InChI=1S/C22H23N2O2S2.C7H8O3S/c1-16(14-21-23(10-12-25)17-6-2-4-8-19(17)27-21)15-22-24(11-13-26)18-7-3-5-9-20(18)28-22;1-6-2-4-7(5-3-6)11(8,9)10/h2-9,14-15,25-26H,10-13H2,1H3;2-5H,1H3,(H,8,9,10)/q+1;/p-1. The first kappa shape index (κ1) is 29.0. The predicted octanol–water partition coefficient (Wildman–Crippen LogP) is 4.93. The highest BCUT2D eigenvalue weighted by Crippen LogP contribution is 2.46. The van der Waals surface area contributed by atoms with E-state index in [0.717, 1.165) is 32.4 Å². The van der Waals surface area contributed by atoms with Gasteiger partial charge in [-0.05, 0) is 55.8 Å². The van der Waals surface area contributed by atoms with E-state index in [0.29, 0.717) is 13.1 Å². The molecule has 0 aliphatic carbocycles. The minimum absolute atomic E-state index is 0.113. The first-order valence-corrected chi connectivity index (χ1v) is 15.4. The fourth-order valence-corrected chi connectivity index (χ4v) is 6.99. The van der Waals surface area contributed by atoms with Crippen molar-refractivity contribution in [3.8, 4) is 0 Å². The van der Waals surface area contributed by atoms with E-state index in [1.165, 1.54) is 21.7 Å². The number of hydrogen-bond acceptors (Lipinski definition) is 8. The van der Waals surface area contributed by atoms with Crippen molar-refractivity contribution >= 4 is 55.2 Å². The average molecular weight is 583 g/mol. The van der Waals surface area contributed by atoms with Gasteiger partial charge < -0.3 is 19.7 Å². The molecular weight excluding hydrogens is 553 g/mol. The lowest BCUT2D eigenvalue weighted by molar-refractivity contribution is -0.670. The first-order valence-electron chi connectivity index (χ1n) is 12.3. The summed E-state index contributed by atoms with van der Waals surface area (Å²) in [6.07, 6.45) is 4.35. The molecule has 10 heteroatoms. The second-order valence-electron chi connectivity index (χ2n) is 8.87. The van der Waals surface area contributed by atoms with E-state index in [9.17, 15) is 23.2 Å². The number of para-hydroxylation sites is 2. The van der Waals surface area contributed by atoms with Crippen LogP contribution in [0.2, 0.25) is 0 Å². The fraction of sp³-hybridized carbons (Fsp3) is 0.207. The minimum Gasteiger partial charge on any atom is -0.744 e. The molecule has 204 valence electrons. The first-order chi connectivity index (χ1) is 18.7. The molecule has 0 unspecified atom stereocenters. The Morgan fingerprint density at radius 2 is 1.69 bits per heavy atom. The van der Waals surface area contributed by atoms with Crippen LogP contribution in [0.3, 0.4) is 0 Å². The van der Waals surface area contributed by atoms with E-state index >= 15 is 0 Å². The zero-order chi connectivity index (χ0) is 28.0. The molecule has 2 heterocycles. The van der Waals surface area contributed by atoms with Gasteiger partial charge in [-0.3, -0.25) is 0 Å². The topological polar surface area (TPSA) is 105 Å². The van der Waals surface area contributed by atoms with E-state index in [2.05, 4.69) is 52.8 Å². The van der Waals surface area contributed by atoms with Crippen molar-refractivity contribution in [2.45, 2.75) is 30.2 Å². The van der Waals surface area contributed by atoms with E-state index in [-0.39, 0.29) is 18.1 Å². The molecule has 1 aliphatic heterocycles. The van der Waals surface area contributed by atoms with Gasteiger partial charge in [-0.2, -0.15) is 4.57 Å². The predicted molar refractivity (Wildman–Crippen MR) is 157 cm³/mol. The van der Waals surface area contributed by atoms with Gasteiger partial charge in [0.15, 0.2) is 6.54 Å². The number of nitrogens with zero attached hydrogens (tertiary/aromatic N) is 2.